The zero-order valence-corrected chi connectivity index (χ0v) is 18.8. The summed E-state index contributed by atoms with van der Waals surface area (Å²) in [5, 5.41) is 26.1. The lowest BCUT2D eigenvalue weighted by molar-refractivity contribution is -0.145. The highest BCUT2D eigenvalue weighted by Crippen LogP contribution is 2.05. The first-order chi connectivity index (χ1) is 16.2. The third-order valence-corrected chi connectivity index (χ3v) is 5.04. The molecule has 2 aromatic carbocycles. The summed E-state index contributed by atoms with van der Waals surface area (Å²) in [5.41, 5.74) is 7.51. The number of aliphatic hydroxyl groups excluding tert-OH is 1. The molecular formula is C24H30N4O6. The second-order valence-corrected chi connectivity index (χ2v) is 7.89. The lowest BCUT2D eigenvalue weighted by atomic mass is 10.0. The average Bonchev–Trinajstić information content (AvgIpc) is 2.81. The maximum Gasteiger partial charge on any atom is 0.328 e. The van der Waals surface area contributed by atoms with Crippen LogP contribution in [0, 0.1) is 0 Å². The van der Waals surface area contributed by atoms with Crippen LogP contribution in [-0.2, 0) is 32.0 Å². The van der Waals surface area contributed by atoms with Gasteiger partial charge >= 0.3 is 5.97 Å². The molecule has 4 atom stereocenters. The Morgan fingerprint density at radius 2 is 1.38 bits per heavy atom. The summed E-state index contributed by atoms with van der Waals surface area (Å²) >= 11 is 0. The van der Waals surface area contributed by atoms with Crippen molar-refractivity contribution < 1.29 is 29.4 Å². The van der Waals surface area contributed by atoms with E-state index in [1.165, 1.54) is 6.92 Å². The number of hydrogen-bond acceptors (Lipinski definition) is 6. The van der Waals surface area contributed by atoms with Crippen LogP contribution in [0.1, 0.15) is 18.1 Å². The molecule has 0 aliphatic rings. The Bertz CT molecular complexity index is 968. The third-order valence-electron chi connectivity index (χ3n) is 5.04. The Morgan fingerprint density at radius 1 is 0.853 bits per heavy atom. The summed E-state index contributed by atoms with van der Waals surface area (Å²) in [6.07, 6.45) is -0.977. The maximum absolute atomic E-state index is 12.7. The molecule has 0 aliphatic heterocycles. The van der Waals surface area contributed by atoms with Gasteiger partial charge in [0.05, 0.1) is 18.7 Å². The summed E-state index contributed by atoms with van der Waals surface area (Å²) in [6.45, 7) is 0.816. The van der Waals surface area contributed by atoms with E-state index in [1.54, 1.807) is 30.3 Å². The van der Waals surface area contributed by atoms with Gasteiger partial charge in [0.2, 0.25) is 17.7 Å². The van der Waals surface area contributed by atoms with Crippen molar-refractivity contribution in [3.63, 3.8) is 0 Å². The highest BCUT2D eigenvalue weighted by atomic mass is 16.4. The van der Waals surface area contributed by atoms with Crippen molar-refractivity contribution in [2.24, 2.45) is 5.73 Å². The number of rotatable bonds is 12. The molecule has 0 radical (unpaired) electrons. The molecule has 7 N–H and O–H groups in total. The second kappa shape index (κ2) is 13.1. The highest BCUT2D eigenvalue weighted by Gasteiger charge is 2.29. The average molecular weight is 471 g/mol. The minimum Gasteiger partial charge on any atom is -0.480 e. The molecule has 182 valence electrons. The van der Waals surface area contributed by atoms with Crippen LogP contribution in [0.4, 0.5) is 0 Å². The van der Waals surface area contributed by atoms with Crippen LogP contribution in [0.2, 0.25) is 0 Å². The third kappa shape index (κ3) is 8.64. The molecule has 0 bridgehead atoms. The molecule has 0 aliphatic carbocycles. The normalized spacial score (nSPS) is 14.2. The lowest BCUT2D eigenvalue weighted by Crippen LogP contribution is -2.56. The predicted molar refractivity (Wildman–Crippen MR) is 124 cm³/mol. The van der Waals surface area contributed by atoms with Crippen molar-refractivity contribution in [3.8, 4) is 0 Å². The number of amides is 3. The van der Waals surface area contributed by atoms with Gasteiger partial charge in [-0.1, -0.05) is 60.7 Å². The van der Waals surface area contributed by atoms with Crippen molar-refractivity contribution in [1.29, 1.82) is 0 Å². The van der Waals surface area contributed by atoms with Gasteiger partial charge in [-0.25, -0.2) is 4.79 Å². The fourth-order valence-corrected chi connectivity index (χ4v) is 3.21. The SMILES string of the molecule is CC(O)C(NC(=O)C(Cc1ccccc1)NC(=O)CNC(=O)C(N)Cc1ccccc1)C(=O)O. The molecule has 34 heavy (non-hydrogen) atoms. The molecule has 2 aromatic rings. The molecule has 4 unspecified atom stereocenters. The van der Waals surface area contributed by atoms with E-state index in [1.807, 2.05) is 30.3 Å². The Labute approximate surface area is 197 Å². The number of benzene rings is 2. The Kier molecular flexibility index (Phi) is 10.2. The fourth-order valence-electron chi connectivity index (χ4n) is 3.21. The van der Waals surface area contributed by atoms with Gasteiger partial charge in [0.25, 0.3) is 0 Å². The van der Waals surface area contributed by atoms with E-state index >= 15 is 0 Å². The van der Waals surface area contributed by atoms with Crippen LogP contribution in [0.3, 0.4) is 0 Å². The molecule has 10 nitrogen and oxygen atoms in total. The van der Waals surface area contributed by atoms with E-state index in [2.05, 4.69) is 16.0 Å². The summed E-state index contributed by atoms with van der Waals surface area (Å²) < 4.78 is 0. The molecule has 0 aromatic heterocycles. The predicted octanol–water partition coefficient (Wildman–Crippen LogP) is -0.650. The van der Waals surface area contributed by atoms with E-state index in [0.29, 0.717) is 6.42 Å². The van der Waals surface area contributed by atoms with E-state index in [9.17, 15) is 29.4 Å². The van der Waals surface area contributed by atoms with Gasteiger partial charge in [-0.05, 0) is 24.5 Å². The minimum absolute atomic E-state index is 0.0754. The van der Waals surface area contributed by atoms with Gasteiger partial charge in [0.15, 0.2) is 6.04 Å². The maximum atomic E-state index is 12.7. The highest BCUT2D eigenvalue weighted by molar-refractivity contribution is 5.92. The fraction of sp³-hybridized carbons (Fsp3) is 0.333. The molecule has 10 heteroatoms. The number of aliphatic carboxylic acids is 1. The molecular weight excluding hydrogens is 440 g/mol. The van der Waals surface area contributed by atoms with E-state index in [0.717, 1.165) is 11.1 Å². The molecule has 0 fully saturated rings. The zero-order chi connectivity index (χ0) is 25.1. The molecule has 0 saturated carbocycles. The topological polar surface area (TPSA) is 171 Å². The van der Waals surface area contributed by atoms with Gasteiger partial charge in [0, 0.05) is 6.42 Å². The molecule has 0 heterocycles. The molecule has 3 amide bonds. The number of hydrogen-bond donors (Lipinski definition) is 6. The van der Waals surface area contributed by atoms with Crippen molar-refractivity contribution in [3.05, 3.63) is 71.8 Å². The number of aliphatic hydroxyl groups is 1. The zero-order valence-electron chi connectivity index (χ0n) is 18.8. The smallest absolute Gasteiger partial charge is 0.328 e. The monoisotopic (exact) mass is 470 g/mol. The Hall–Kier alpha value is -3.76. The summed E-state index contributed by atoms with van der Waals surface area (Å²) in [7, 11) is 0. The number of carbonyl (C=O) groups is 4. The van der Waals surface area contributed by atoms with Crippen LogP contribution in [0.25, 0.3) is 0 Å². The van der Waals surface area contributed by atoms with Gasteiger partial charge in [-0.2, -0.15) is 0 Å². The van der Waals surface area contributed by atoms with Crippen LogP contribution in [-0.4, -0.2) is 64.7 Å². The summed E-state index contributed by atoms with van der Waals surface area (Å²) in [6, 6.07) is 14.5. The molecule has 0 saturated heterocycles. The number of carboxylic acids is 1. The van der Waals surface area contributed by atoms with Crippen molar-refractivity contribution >= 4 is 23.7 Å². The minimum atomic E-state index is -1.54. The van der Waals surface area contributed by atoms with Crippen molar-refractivity contribution in [1.82, 2.24) is 16.0 Å². The molecule has 2 rings (SSSR count). The summed E-state index contributed by atoms with van der Waals surface area (Å²) in [5.74, 6) is -3.37. The second-order valence-electron chi connectivity index (χ2n) is 7.89. The van der Waals surface area contributed by atoms with Gasteiger partial charge in [-0.15, -0.1) is 0 Å². The van der Waals surface area contributed by atoms with Crippen LogP contribution in [0.5, 0.6) is 0 Å². The van der Waals surface area contributed by atoms with Crippen LogP contribution >= 0.6 is 0 Å². The first kappa shape index (κ1) is 26.5. The standard InChI is InChI=1S/C24H30N4O6/c1-15(29)21(24(33)34)28-23(32)19(13-17-10-6-3-7-11-17)27-20(30)14-26-22(31)18(25)12-16-8-4-2-5-9-16/h2-11,15,18-19,21,29H,12-14,25H2,1H3,(H,26,31)(H,27,30)(H,28,32)(H,33,34). The quantitative estimate of drug-likeness (QED) is 0.239. The number of carboxylic acid groups (broad SMARTS) is 1. The van der Waals surface area contributed by atoms with Crippen LogP contribution in [0.15, 0.2) is 60.7 Å². The summed E-state index contributed by atoms with van der Waals surface area (Å²) in [4.78, 5) is 48.8. The van der Waals surface area contributed by atoms with Crippen molar-refractivity contribution in [2.75, 3.05) is 6.54 Å². The lowest BCUT2D eigenvalue weighted by Gasteiger charge is -2.23. The van der Waals surface area contributed by atoms with E-state index < -0.39 is 54.5 Å². The number of nitrogens with two attached hydrogens (primary N) is 1. The van der Waals surface area contributed by atoms with Gasteiger partial charge in [0.1, 0.15) is 6.04 Å². The Balaban J connectivity index is 1.99. The van der Waals surface area contributed by atoms with Crippen LogP contribution < -0.4 is 21.7 Å². The largest absolute Gasteiger partial charge is 0.480 e. The Morgan fingerprint density at radius 3 is 1.88 bits per heavy atom. The van der Waals surface area contributed by atoms with Gasteiger partial charge in [-0.3, -0.25) is 14.4 Å². The number of nitrogens with one attached hydrogen (secondary N) is 3. The number of carbonyl (C=O) groups excluding carboxylic acids is 3. The van der Waals surface area contributed by atoms with E-state index in [4.69, 9.17) is 5.73 Å². The first-order valence-corrected chi connectivity index (χ1v) is 10.8. The van der Waals surface area contributed by atoms with Gasteiger partial charge < -0.3 is 31.9 Å². The first-order valence-electron chi connectivity index (χ1n) is 10.8. The van der Waals surface area contributed by atoms with E-state index in [-0.39, 0.29) is 6.42 Å². The van der Waals surface area contributed by atoms with Crippen molar-refractivity contribution in [2.45, 2.75) is 44.0 Å². The molecule has 0 spiro atoms.